The smallest absolute Gasteiger partial charge is 0.163 e. The minimum atomic E-state index is -3.18. The normalized spacial score (nSPS) is 39.9. The van der Waals surface area contributed by atoms with Gasteiger partial charge in [-0.15, -0.1) is 0 Å². The summed E-state index contributed by atoms with van der Waals surface area (Å²) in [7, 11) is -3.18. The van der Waals surface area contributed by atoms with Crippen LogP contribution in [0.15, 0.2) is 0 Å². The fourth-order valence-electron chi connectivity index (χ4n) is 2.98. The molecule has 0 bridgehead atoms. The van der Waals surface area contributed by atoms with Crippen LogP contribution in [0.4, 0.5) is 0 Å². The number of nitrogens with two attached hydrogens (primary N) is 1. The molecular weight excluding hydrogens is 254 g/mol. The summed E-state index contributed by atoms with van der Waals surface area (Å²) in [6.07, 6.45) is 1.45. The van der Waals surface area contributed by atoms with Crippen molar-refractivity contribution in [2.45, 2.75) is 62.9 Å². The van der Waals surface area contributed by atoms with Crippen LogP contribution in [0, 0.1) is 5.92 Å². The monoisotopic (exact) mass is 277 g/mol. The average Bonchev–Trinajstić information content (AvgIpc) is 2.60. The highest BCUT2D eigenvalue weighted by Gasteiger charge is 2.58. The van der Waals surface area contributed by atoms with Crippen molar-refractivity contribution in [3.63, 3.8) is 0 Å². The number of ether oxygens (including phenoxy) is 2. The van der Waals surface area contributed by atoms with Crippen molar-refractivity contribution in [1.82, 2.24) is 0 Å². The van der Waals surface area contributed by atoms with Crippen LogP contribution in [0.3, 0.4) is 0 Å². The minimum Gasteiger partial charge on any atom is -0.344 e. The number of hydrogen-bond donors (Lipinski definition) is 1. The molecule has 1 saturated carbocycles. The van der Waals surface area contributed by atoms with Crippen LogP contribution in [0.5, 0.6) is 0 Å². The summed E-state index contributed by atoms with van der Waals surface area (Å²) in [5.41, 5.74) is 6.07. The van der Waals surface area contributed by atoms with Gasteiger partial charge in [0.2, 0.25) is 0 Å². The van der Waals surface area contributed by atoms with Crippen molar-refractivity contribution in [2.75, 3.05) is 6.26 Å². The van der Waals surface area contributed by atoms with Gasteiger partial charge in [0, 0.05) is 18.2 Å². The van der Waals surface area contributed by atoms with Gasteiger partial charge in [-0.1, -0.05) is 0 Å². The van der Waals surface area contributed by atoms with Gasteiger partial charge in [-0.2, -0.15) is 0 Å². The Morgan fingerprint density at radius 2 is 1.72 bits per heavy atom. The fraction of sp³-hybridized carbons (Fsp3) is 1.00. The first-order valence-corrected chi connectivity index (χ1v) is 8.16. The maximum absolute atomic E-state index is 12.0. The molecule has 2 aliphatic rings. The zero-order chi connectivity index (χ0) is 13.9. The maximum atomic E-state index is 12.0. The molecule has 2 fully saturated rings. The van der Waals surface area contributed by atoms with E-state index in [-0.39, 0.29) is 24.2 Å². The van der Waals surface area contributed by atoms with E-state index in [0.717, 1.165) is 0 Å². The van der Waals surface area contributed by atoms with Crippen LogP contribution < -0.4 is 5.73 Å². The van der Waals surface area contributed by atoms with E-state index in [1.165, 1.54) is 6.26 Å². The Hall–Kier alpha value is -0.170. The SMILES string of the molecule is CC1(C)O[C@@H]2[C@H](O1)[C@@H](C(C)(C)S(C)(=O)=O)C[C@H]2N. The lowest BCUT2D eigenvalue weighted by Crippen LogP contribution is -2.44. The van der Waals surface area contributed by atoms with Crippen molar-refractivity contribution in [3.05, 3.63) is 0 Å². The second-order valence-corrected chi connectivity index (χ2v) is 9.04. The van der Waals surface area contributed by atoms with Gasteiger partial charge in [0.15, 0.2) is 15.6 Å². The predicted octanol–water partition coefficient (Wildman–Crippen LogP) is 0.677. The summed E-state index contributed by atoms with van der Waals surface area (Å²) in [5.74, 6) is -0.812. The summed E-state index contributed by atoms with van der Waals surface area (Å²) in [6, 6.07) is -0.164. The lowest BCUT2D eigenvalue weighted by Gasteiger charge is -2.33. The Kier molecular flexibility index (Phi) is 3.10. The molecule has 5 nitrogen and oxygen atoms in total. The van der Waals surface area contributed by atoms with Crippen LogP contribution >= 0.6 is 0 Å². The van der Waals surface area contributed by atoms with Crippen LogP contribution in [0.25, 0.3) is 0 Å². The molecule has 1 aliphatic heterocycles. The molecule has 6 heteroatoms. The number of rotatable bonds is 2. The Balaban J connectivity index is 2.32. The lowest BCUT2D eigenvalue weighted by molar-refractivity contribution is -0.158. The molecule has 0 radical (unpaired) electrons. The molecule has 0 aromatic carbocycles. The molecule has 0 aromatic heterocycles. The molecule has 4 atom stereocenters. The van der Waals surface area contributed by atoms with E-state index in [9.17, 15) is 8.42 Å². The molecule has 0 amide bonds. The van der Waals surface area contributed by atoms with Gasteiger partial charge in [-0.3, -0.25) is 0 Å². The molecule has 2 N–H and O–H groups in total. The molecular formula is C12H23NO4S. The highest BCUT2D eigenvalue weighted by molar-refractivity contribution is 7.92. The maximum Gasteiger partial charge on any atom is 0.163 e. The zero-order valence-electron chi connectivity index (χ0n) is 11.6. The molecule has 0 aromatic rings. The van der Waals surface area contributed by atoms with Gasteiger partial charge in [0.25, 0.3) is 0 Å². The molecule has 18 heavy (non-hydrogen) atoms. The second-order valence-electron chi connectivity index (χ2n) is 6.45. The number of fused-ring (bicyclic) bond motifs is 1. The lowest BCUT2D eigenvalue weighted by atomic mass is 9.91. The minimum absolute atomic E-state index is 0.130. The van der Waals surface area contributed by atoms with Crippen molar-refractivity contribution in [3.8, 4) is 0 Å². The Morgan fingerprint density at radius 3 is 2.22 bits per heavy atom. The number of sulfone groups is 1. The zero-order valence-corrected chi connectivity index (χ0v) is 12.5. The summed E-state index contributed by atoms with van der Waals surface area (Å²) in [5, 5.41) is 0. The van der Waals surface area contributed by atoms with Gasteiger partial charge in [-0.05, 0) is 34.1 Å². The third-order valence-electron chi connectivity index (χ3n) is 4.36. The first-order chi connectivity index (χ1) is 7.96. The van der Waals surface area contributed by atoms with Crippen LogP contribution in [-0.4, -0.2) is 43.5 Å². The molecule has 0 spiro atoms. The summed E-state index contributed by atoms with van der Waals surface area (Å²) in [4.78, 5) is 0. The van der Waals surface area contributed by atoms with E-state index in [1.807, 2.05) is 13.8 Å². The third kappa shape index (κ3) is 2.09. The molecule has 1 saturated heterocycles. The average molecular weight is 277 g/mol. The van der Waals surface area contributed by atoms with Crippen molar-refractivity contribution < 1.29 is 17.9 Å². The van der Waals surface area contributed by atoms with Crippen molar-refractivity contribution in [2.24, 2.45) is 11.7 Å². The van der Waals surface area contributed by atoms with E-state index >= 15 is 0 Å². The van der Waals surface area contributed by atoms with Crippen LogP contribution in [0.2, 0.25) is 0 Å². The van der Waals surface area contributed by atoms with Crippen molar-refractivity contribution >= 4 is 9.84 Å². The second kappa shape index (κ2) is 3.91. The fourth-order valence-corrected chi connectivity index (χ4v) is 3.76. The van der Waals surface area contributed by atoms with Gasteiger partial charge in [-0.25, -0.2) is 8.42 Å². The molecule has 0 unspecified atom stereocenters. The highest BCUT2D eigenvalue weighted by Crippen LogP contribution is 2.46. The van der Waals surface area contributed by atoms with Gasteiger partial charge >= 0.3 is 0 Å². The highest BCUT2D eigenvalue weighted by atomic mass is 32.2. The van der Waals surface area contributed by atoms with Crippen molar-refractivity contribution in [1.29, 1.82) is 0 Å². The predicted molar refractivity (Wildman–Crippen MR) is 68.8 cm³/mol. The Labute approximate surface area is 109 Å². The largest absolute Gasteiger partial charge is 0.344 e. The van der Waals surface area contributed by atoms with E-state index < -0.39 is 20.4 Å². The van der Waals surface area contributed by atoms with Gasteiger partial charge in [0.1, 0.15) is 6.10 Å². The number of hydrogen-bond acceptors (Lipinski definition) is 5. The molecule has 1 heterocycles. The first-order valence-electron chi connectivity index (χ1n) is 6.26. The van der Waals surface area contributed by atoms with Crippen LogP contribution in [0.1, 0.15) is 34.1 Å². The van der Waals surface area contributed by atoms with E-state index in [1.54, 1.807) is 13.8 Å². The van der Waals surface area contributed by atoms with E-state index in [2.05, 4.69) is 0 Å². The summed E-state index contributed by atoms with van der Waals surface area (Å²) in [6.45, 7) is 7.17. The summed E-state index contributed by atoms with van der Waals surface area (Å²) < 4.78 is 34.7. The quantitative estimate of drug-likeness (QED) is 0.803. The standard InChI is InChI=1S/C12H23NO4S/c1-11(2,18(5,14)15)7-6-8(13)10-9(7)16-12(3,4)17-10/h7-10H,6,13H2,1-5H3/t7-,8+,9+,10-/m0/s1. The third-order valence-corrected chi connectivity index (χ3v) is 6.57. The van der Waals surface area contributed by atoms with E-state index in [0.29, 0.717) is 6.42 Å². The first kappa shape index (κ1) is 14.2. The Morgan fingerprint density at radius 1 is 1.22 bits per heavy atom. The molecule has 1 aliphatic carbocycles. The topological polar surface area (TPSA) is 78.6 Å². The van der Waals surface area contributed by atoms with E-state index in [4.69, 9.17) is 15.2 Å². The Bertz CT molecular complexity index is 443. The summed E-state index contributed by atoms with van der Waals surface area (Å²) >= 11 is 0. The van der Waals surface area contributed by atoms with Gasteiger partial charge in [0.05, 0.1) is 10.9 Å². The molecule has 106 valence electrons. The molecule has 2 rings (SSSR count). The van der Waals surface area contributed by atoms with Gasteiger partial charge < -0.3 is 15.2 Å². The van der Waals surface area contributed by atoms with Crippen LogP contribution in [-0.2, 0) is 19.3 Å².